The molecule has 1 unspecified atom stereocenters. The molecule has 1 N–H and O–H groups in total. The number of aryl methyl sites for hydroxylation is 1. The smallest absolute Gasteiger partial charge is 0.117 e. The molecular weight excluding hydrogens is 222 g/mol. The lowest BCUT2D eigenvalue weighted by atomic mass is 9.83. The third kappa shape index (κ3) is 3.61. The van der Waals surface area contributed by atoms with Crippen LogP contribution in [0.2, 0.25) is 0 Å². The van der Waals surface area contributed by atoms with Crippen molar-refractivity contribution in [2.45, 2.75) is 71.4 Å². The van der Waals surface area contributed by atoms with Crippen LogP contribution in [0, 0.1) is 5.92 Å². The molecule has 1 aliphatic carbocycles. The van der Waals surface area contributed by atoms with E-state index in [0.29, 0.717) is 6.04 Å². The van der Waals surface area contributed by atoms with Crippen LogP contribution in [0.25, 0.3) is 0 Å². The van der Waals surface area contributed by atoms with Gasteiger partial charge >= 0.3 is 0 Å². The predicted octanol–water partition coefficient (Wildman–Crippen LogP) is 4.29. The molecule has 0 radical (unpaired) electrons. The van der Waals surface area contributed by atoms with Crippen LogP contribution in [-0.4, -0.2) is 6.04 Å². The fraction of sp³-hybridized carbons (Fsp3) is 0.750. The first-order valence-corrected chi connectivity index (χ1v) is 7.64. The van der Waals surface area contributed by atoms with Crippen LogP contribution in [0.1, 0.15) is 63.9 Å². The van der Waals surface area contributed by atoms with Gasteiger partial charge in [-0.05, 0) is 37.3 Å². The van der Waals surface area contributed by atoms with Crippen LogP contribution in [0.3, 0.4) is 0 Å². The van der Waals surface area contributed by atoms with Crippen molar-refractivity contribution in [3.8, 4) is 0 Å². The zero-order chi connectivity index (χ0) is 12.8. The van der Waals surface area contributed by atoms with Crippen LogP contribution >= 0.6 is 0 Å². The molecule has 0 bridgehead atoms. The predicted molar refractivity (Wildman–Crippen MR) is 75.6 cm³/mol. The Morgan fingerprint density at radius 3 is 2.50 bits per heavy atom. The van der Waals surface area contributed by atoms with Gasteiger partial charge in [-0.1, -0.05) is 33.1 Å². The second-order valence-corrected chi connectivity index (χ2v) is 5.52. The van der Waals surface area contributed by atoms with Crippen molar-refractivity contribution in [3.05, 3.63) is 23.7 Å². The summed E-state index contributed by atoms with van der Waals surface area (Å²) in [6, 6.07) is 4.87. The summed E-state index contributed by atoms with van der Waals surface area (Å²) in [4.78, 5) is 0. The lowest BCUT2D eigenvalue weighted by Crippen LogP contribution is -2.36. The highest BCUT2D eigenvalue weighted by Gasteiger charge is 2.21. The topological polar surface area (TPSA) is 25.2 Å². The molecule has 0 saturated heterocycles. The molecule has 0 amide bonds. The Morgan fingerprint density at radius 1 is 1.17 bits per heavy atom. The van der Waals surface area contributed by atoms with E-state index in [9.17, 15) is 0 Å². The van der Waals surface area contributed by atoms with Crippen molar-refractivity contribution in [2.75, 3.05) is 0 Å². The third-order valence-corrected chi connectivity index (χ3v) is 4.26. The van der Waals surface area contributed by atoms with Gasteiger partial charge < -0.3 is 9.73 Å². The Labute approximate surface area is 111 Å². The van der Waals surface area contributed by atoms with Crippen molar-refractivity contribution in [3.63, 3.8) is 0 Å². The molecule has 2 heteroatoms. The summed E-state index contributed by atoms with van der Waals surface area (Å²) in [6.45, 7) is 5.31. The van der Waals surface area contributed by atoms with Gasteiger partial charge in [0.1, 0.15) is 11.5 Å². The second kappa shape index (κ2) is 6.98. The SMILES string of the molecule is CCc1ccc(CNC(CC)C2CCCCC2)o1. The molecule has 102 valence electrons. The summed E-state index contributed by atoms with van der Waals surface area (Å²) in [5.74, 6) is 3.06. The van der Waals surface area contributed by atoms with Gasteiger partial charge in [0.2, 0.25) is 0 Å². The normalized spacial score (nSPS) is 19.0. The molecule has 2 rings (SSSR count). The van der Waals surface area contributed by atoms with E-state index < -0.39 is 0 Å². The Kier molecular flexibility index (Phi) is 5.30. The Balaban J connectivity index is 1.82. The monoisotopic (exact) mass is 249 g/mol. The van der Waals surface area contributed by atoms with Crippen LogP contribution in [0.5, 0.6) is 0 Å². The Hall–Kier alpha value is -0.760. The fourth-order valence-electron chi connectivity index (χ4n) is 3.12. The number of furan rings is 1. The van der Waals surface area contributed by atoms with Gasteiger partial charge in [0.15, 0.2) is 0 Å². The minimum absolute atomic E-state index is 0.667. The molecule has 1 heterocycles. The quantitative estimate of drug-likeness (QED) is 0.813. The van der Waals surface area contributed by atoms with Crippen molar-refractivity contribution in [2.24, 2.45) is 5.92 Å². The average Bonchev–Trinajstić information content (AvgIpc) is 2.89. The van der Waals surface area contributed by atoms with Crippen molar-refractivity contribution >= 4 is 0 Å². The molecule has 0 aromatic carbocycles. The number of hydrogen-bond donors (Lipinski definition) is 1. The van der Waals surface area contributed by atoms with Gasteiger partial charge in [-0.3, -0.25) is 0 Å². The fourth-order valence-corrected chi connectivity index (χ4v) is 3.12. The minimum atomic E-state index is 0.667. The highest BCUT2D eigenvalue weighted by atomic mass is 16.3. The molecule has 0 spiro atoms. The number of rotatable bonds is 6. The van der Waals surface area contributed by atoms with Crippen LogP contribution in [0.4, 0.5) is 0 Å². The van der Waals surface area contributed by atoms with E-state index in [2.05, 4.69) is 31.3 Å². The third-order valence-electron chi connectivity index (χ3n) is 4.26. The zero-order valence-corrected chi connectivity index (χ0v) is 11.9. The lowest BCUT2D eigenvalue weighted by molar-refractivity contribution is 0.256. The first-order chi connectivity index (χ1) is 8.83. The number of hydrogen-bond acceptors (Lipinski definition) is 2. The highest BCUT2D eigenvalue weighted by Crippen LogP contribution is 2.27. The molecule has 1 saturated carbocycles. The van der Waals surface area contributed by atoms with E-state index >= 15 is 0 Å². The second-order valence-electron chi connectivity index (χ2n) is 5.52. The van der Waals surface area contributed by atoms with E-state index in [-0.39, 0.29) is 0 Å². The summed E-state index contributed by atoms with van der Waals surface area (Å²) >= 11 is 0. The van der Waals surface area contributed by atoms with E-state index in [4.69, 9.17) is 4.42 Å². The first-order valence-electron chi connectivity index (χ1n) is 7.64. The van der Waals surface area contributed by atoms with E-state index in [1.54, 1.807) is 0 Å². The van der Waals surface area contributed by atoms with Gasteiger partial charge in [-0.2, -0.15) is 0 Å². The summed E-state index contributed by atoms with van der Waals surface area (Å²) < 4.78 is 5.75. The molecular formula is C16H27NO. The molecule has 1 aliphatic rings. The van der Waals surface area contributed by atoms with Crippen molar-refractivity contribution in [1.29, 1.82) is 0 Å². The molecule has 2 nitrogen and oxygen atoms in total. The van der Waals surface area contributed by atoms with Crippen LogP contribution < -0.4 is 5.32 Å². The maximum atomic E-state index is 5.75. The summed E-state index contributed by atoms with van der Waals surface area (Å²) in [6.07, 6.45) is 9.30. The van der Waals surface area contributed by atoms with Gasteiger partial charge in [-0.15, -0.1) is 0 Å². The molecule has 1 aromatic heterocycles. The Morgan fingerprint density at radius 2 is 1.89 bits per heavy atom. The molecule has 1 atom stereocenters. The van der Waals surface area contributed by atoms with E-state index in [0.717, 1.165) is 30.4 Å². The number of nitrogens with one attached hydrogen (secondary N) is 1. The molecule has 0 aliphatic heterocycles. The summed E-state index contributed by atoms with van der Waals surface area (Å²) in [5, 5.41) is 3.70. The lowest BCUT2D eigenvalue weighted by Gasteiger charge is -2.30. The van der Waals surface area contributed by atoms with E-state index in [1.165, 1.54) is 38.5 Å². The van der Waals surface area contributed by atoms with E-state index in [1.807, 2.05) is 0 Å². The van der Waals surface area contributed by atoms with Gasteiger partial charge in [0.25, 0.3) is 0 Å². The summed E-state index contributed by atoms with van der Waals surface area (Å²) in [7, 11) is 0. The first kappa shape index (κ1) is 13.7. The minimum Gasteiger partial charge on any atom is -0.465 e. The molecule has 1 fully saturated rings. The van der Waals surface area contributed by atoms with Crippen LogP contribution in [-0.2, 0) is 13.0 Å². The Bertz CT molecular complexity index is 339. The summed E-state index contributed by atoms with van der Waals surface area (Å²) in [5.41, 5.74) is 0. The van der Waals surface area contributed by atoms with Crippen LogP contribution in [0.15, 0.2) is 16.5 Å². The van der Waals surface area contributed by atoms with Crippen molar-refractivity contribution < 1.29 is 4.42 Å². The van der Waals surface area contributed by atoms with Gasteiger partial charge in [-0.25, -0.2) is 0 Å². The average molecular weight is 249 g/mol. The highest BCUT2D eigenvalue weighted by molar-refractivity contribution is 5.07. The molecule has 18 heavy (non-hydrogen) atoms. The van der Waals surface area contributed by atoms with Crippen molar-refractivity contribution in [1.82, 2.24) is 5.32 Å². The zero-order valence-electron chi connectivity index (χ0n) is 11.9. The maximum absolute atomic E-state index is 5.75. The largest absolute Gasteiger partial charge is 0.465 e. The standard InChI is InChI=1S/C16H27NO/c1-3-14-10-11-15(18-14)12-17-16(4-2)13-8-6-5-7-9-13/h10-11,13,16-17H,3-9,12H2,1-2H3. The van der Waals surface area contributed by atoms with Gasteiger partial charge in [0.05, 0.1) is 6.54 Å². The molecule has 1 aromatic rings. The maximum Gasteiger partial charge on any atom is 0.117 e. The van der Waals surface area contributed by atoms with Gasteiger partial charge in [0, 0.05) is 12.5 Å².